The van der Waals surface area contributed by atoms with E-state index in [0.717, 1.165) is 32.5 Å². The molecule has 0 aromatic rings. The summed E-state index contributed by atoms with van der Waals surface area (Å²) < 4.78 is 5.69. The maximum Gasteiger partial charge on any atom is 0.0702 e. The molecule has 0 saturated carbocycles. The zero-order valence-electron chi connectivity index (χ0n) is 10.4. The first kappa shape index (κ1) is 12.3. The van der Waals surface area contributed by atoms with Gasteiger partial charge in [-0.15, -0.1) is 0 Å². The lowest BCUT2D eigenvalue weighted by atomic mass is 9.95. The first-order chi connectivity index (χ1) is 7.81. The number of ether oxygens (including phenoxy) is 1. The van der Waals surface area contributed by atoms with Crippen molar-refractivity contribution in [2.45, 2.75) is 63.7 Å². The molecule has 2 fully saturated rings. The van der Waals surface area contributed by atoms with Gasteiger partial charge in [-0.3, -0.25) is 4.90 Å². The molecule has 0 amide bonds. The van der Waals surface area contributed by atoms with E-state index in [2.05, 4.69) is 11.8 Å². The van der Waals surface area contributed by atoms with Crippen LogP contribution >= 0.6 is 0 Å². The van der Waals surface area contributed by atoms with Crippen LogP contribution in [0.5, 0.6) is 0 Å². The van der Waals surface area contributed by atoms with E-state index in [0.29, 0.717) is 12.1 Å². The van der Waals surface area contributed by atoms with Gasteiger partial charge >= 0.3 is 0 Å². The van der Waals surface area contributed by atoms with Crippen molar-refractivity contribution in [1.82, 2.24) is 4.90 Å². The number of piperidine rings is 1. The highest BCUT2D eigenvalue weighted by atomic mass is 16.5. The largest absolute Gasteiger partial charge is 0.392 e. The Morgan fingerprint density at radius 3 is 2.88 bits per heavy atom. The van der Waals surface area contributed by atoms with Gasteiger partial charge in [-0.25, -0.2) is 0 Å². The molecule has 2 rings (SSSR count). The van der Waals surface area contributed by atoms with Crippen LogP contribution in [0.3, 0.4) is 0 Å². The number of likely N-dealkylation sites (tertiary alicyclic amines) is 1. The maximum atomic E-state index is 10.0. The lowest BCUT2D eigenvalue weighted by Crippen LogP contribution is -2.49. The van der Waals surface area contributed by atoms with Gasteiger partial charge in [-0.05, 0) is 38.6 Å². The van der Waals surface area contributed by atoms with Gasteiger partial charge in [0.15, 0.2) is 0 Å². The molecule has 0 aliphatic carbocycles. The van der Waals surface area contributed by atoms with Crippen molar-refractivity contribution in [3.63, 3.8) is 0 Å². The van der Waals surface area contributed by atoms with Crippen LogP contribution in [0.1, 0.15) is 45.4 Å². The number of rotatable bonds is 4. The average Bonchev–Trinajstić information content (AvgIpc) is 2.82. The van der Waals surface area contributed by atoms with Crippen LogP contribution in [0, 0.1) is 0 Å². The van der Waals surface area contributed by atoms with Crippen LogP contribution in [0.25, 0.3) is 0 Å². The molecular weight excluding hydrogens is 202 g/mol. The van der Waals surface area contributed by atoms with E-state index in [4.69, 9.17) is 4.74 Å². The van der Waals surface area contributed by atoms with Gasteiger partial charge in [0.05, 0.1) is 12.2 Å². The molecule has 3 atom stereocenters. The standard InChI is InChI=1S/C13H25NO2/c1-2-13(15)12-7-3-4-8-14(12)10-11-6-5-9-16-11/h11-13,15H,2-10H2,1H3. The lowest BCUT2D eigenvalue weighted by molar-refractivity contribution is -0.00742. The Hall–Kier alpha value is -0.120. The van der Waals surface area contributed by atoms with Crippen molar-refractivity contribution in [3.8, 4) is 0 Å². The molecule has 0 aromatic carbocycles. The molecule has 16 heavy (non-hydrogen) atoms. The van der Waals surface area contributed by atoms with Crippen LogP contribution in [0.2, 0.25) is 0 Å². The SMILES string of the molecule is CCC(O)C1CCCCN1CC1CCCO1. The quantitative estimate of drug-likeness (QED) is 0.795. The van der Waals surface area contributed by atoms with Crippen molar-refractivity contribution in [1.29, 1.82) is 0 Å². The van der Waals surface area contributed by atoms with Gasteiger partial charge in [0, 0.05) is 19.2 Å². The summed E-state index contributed by atoms with van der Waals surface area (Å²) in [6, 6.07) is 0.378. The van der Waals surface area contributed by atoms with Crippen molar-refractivity contribution in [2.75, 3.05) is 19.7 Å². The molecule has 0 bridgehead atoms. The first-order valence-electron chi connectivity index (χ1n) is 6.85. The molecule has 94 valence electrons. The zero-order valence-corrected chi connectivity index (χ0v) is 10.4. The van der Waals surface area contributed by atoms with Crippen LogP contribution in [0.15, 0.2) is 0 Å². The number of aliphatic hydroxyl groups is 1. The van der Waals surface area contributed by atoms with Gasteiger partial charge in [-0.2, -0.15) is 0 Å². The van der Waals surface area contributed by atoms with Crippen LogP contribution < -0.4 is 0 Å². The van der Waals surface area contributed by atoms with E-state index >= 15 is 0 Å². The molecule has 0 radical (unpaired) electrons. The summed E-state index contributed by atoms with van der Waals surface area (Å²) in [7, 11) is 0. The van der Waals surface area contributed by atoms with E-state index in [1.165, 1.54) is 25.7 Å². The zero-order chi connectivity index (χ0) is 11.4. The number of aliphatic hydroxyl groups excluding tert-OH is 1. The highest BCUT2D eigenvalue weighted by Crippen LogP contribution is 2.23. The lowest BCUT2D eigenvalue weighted by Gasteiger charge is -2.39. The van der Waals surface area contributed by atoms with E-state index in [1.54, 1.807) is 0 Å². The van der Waals surface area contributed by atoms with E-state index in [-0.39, 0.29) is 6.10 Å². The van der Waals surface area contributed by atoms with Crippen LogP contribution in [-0.4, -0.2) is 48.0 Å². The summed E-state index contributed by atoms with van der Waals surface area (Å²) in [4.78, 5) is 2.47. The number of hydrogen-bond acceptors (Lipinski definition) is 3. The summed E-state index contributed by atoms with van der Waals surface area (Å²) in [6.45, 7) is 5.17. The molecule has 2 heterocycles. The Morgan fingerprint density at radius 2 is 2.19 bits per heavy atom. The molecular formula is C13H25NO2. The minimum atomic E-state index is -0.151. The molecule has 3 heteroatoms. The molecule has 3 nitrogen and oxygen atoms in total. The van der Waals surface area contributed by atoms with Crippen molar-refractivity contribution >= 4 is 0 Å². The third-order valence-electron chi connectivity index (χ3n) is 3.99. The third kappa shape index (κ3) is 2.96. The molecule has 1 N–H and O–H groups in total. The molecule has 0 spiro atoms. The van der Waals surface area contributed by atoms with Gasteiger partial charge in [-0.1, -0.05) is 13.3 Å². The van der Waals surface area contributed by atoms with Crippen molar-refractivity contribution in [2.24, 2.45) is 0 Å². The van der Waals surface area contributed by atoms with Crippen LogP contribution in [-0.2, 0) is 4.74 Å². The molecule has 2 aliphatic rings. The molecule has 2 saturated heterocycles. The number of hydrogen-bond donors (Lipinski definition) is 1. The Kier molecular flexibility index (Phi) is 4.62. The predicted octanol–water partition coefficient (Wildman–Crippen LogP) is 1.79. The topological polar surface area (TPSA) is 32.7 Å². The summed E-state index contributed by atoms with van der Waals surface area (Å²) in [5.74, 6) is 0. The second-order valence-electron chi connectivity index (χ2n) is 5.17. The van der Waals surface area contributed by atoms with Gasteiger partial charge < -0.3 is 9.84 Å². The Balaban J connectivity index is 1.87. The Bertz CT molecular complexity index is 204. The fourth-order valence-corrected chi connectivity index (χ4v) is 3.00. The fourth-order valence-electron chi connectivity index (χ4n) is 3.00. The first-order valence-corrected chi connectivity index (χ1v) is 6.85. The summed E-state index contributed by atoms with van der Waals surface area (Å²) in [5, 5.41) is 10.0. The van der Waals surface area contributed by atoms with Gasteiger partial charge in [0.1, 0.15) is 0 Å². The highest BCUT2D eigenvalue weighted by molar-refractivity contribution is 4.84. The minimum absolute atomic E-state index is 0.151. The third-order valence-corrected chi connectivity index (χ3v) is 3.99. The second-order valence-corrected chi connectivity index (χ2v) is 5.17. The average molecular weight is 227 g/mol. The molecule has 0 aromatic heterocycles. The van der Waals surface area contributed by atoms with E-state index in [1.807, 2.05) is 0 Å². The molecule has 2 aliphatic heterocycles. The minimum Gasteiger partial charge on any atom is -0.392 e. The summed E-state index contributed by atoms with van der Waals surface area (Å²) >= 11 is 0. The highest BCUT2D eigenvalue weighted by Gasteiger charge is 2.30. The van der Waals surface area contributed by atoms with Crippen molar-refractivity contribution in [3.05, 3.63) is 0 Å². The van der Waals surface area contributed by atoms with E-state index < -0.39 is 0 Å². The fraction of sp³-hybridized carbons (Fsp3) is 1.00. The Labute approximate surface area is 98.8 Å². The maximum absolute atomic E-state index is 10.0. The van der Waals surface area contributed by atoms with Gasteiger partial charge in [0.25, 0.3) is 0 Å². The number of nitrogens with zero attached hydrogens (tertiary/aromatic N) is 1. The Morgan fingerprint density at radius 1 is 1.31 bits per heavy atom. The summed E-state index contributed by atoms with van der Waals surface area (Å²) in [5.41, 5.74) is 0. The normalized spacial score (nSPS) is 34.1. The van der Waals surface area contributed by atoms with Crippen LogP contribution in [0.4, 0.5) is 0 Å². The van der Waals surface area contributed by atoms with Crippen molar-refractivity contribution < 1.29 is 9.84 Å². The smallest absolute Gasteiger partial charge is 0.0702 e. The molecule has 3 unspecified atom stereocenters. The van der Waals surface area contributed by atoms with Gasteiger partial charge in [0.2, 0.25) is 0 Å². The predicted molar refractivity (Wildman–Crippen MR) is 64.5 cm³/mol. The second kappa shape index (κ2) is 5.99. The summed E-state index contributed by atoms with van der Waals surface area (Å²) in [6.07, 6.45) is 7.24. The monoisotopic (exact) mass is 227 g/mol. The van der Waals surface area contributed by atoms with E-state index in [9.17, 15) is 5.11 Å².